The molecule has 0 unspecified atom stereocenters. The Balaban J connectivity index is 0.000000654. The standard InChI is InChI=1S/C19H23F2N3O3.CH4O3S/c1-10-4-11(22)7-23(10)16-6-15-12(5-14(16)21)17(25)13(18(26)27)8-24(15)19(2,3)9-20;1-5(2,3)4/h5-6,8,10-11H,4,7,9,22H2,1-3H3,(H,26,27);1H3,(H,2,3,4)/t10-,11-;/m0./s1. The first-order valence-electron chi connectivity index (χ1n) is 9.70. The summed E-state index contributed by atoms with van der Waals surface area (Å²) >= 11 is 0. The highest BCUT2D eigenvalue weighted by Crippen LogP contribution is 2.32. The predicted octanol–water partition coefficient (Wildman–Crippen LogP) is 1.97. The molecule has 0 amide bonds. The smallest absolute Gasteiger partial charge is 0.341 e. The molecule has 4 N–H and O–H groups in total. The largest absolute Gasteiger partial charge is 0.477 e. The van der Waals surface area contributed by atoms with Gasteiger partial charge in [0.2, 0.25) is 5.43 Å². The number of hydrogen-bond acceptors (Lipinski definition) is 6. The van der Waals surface area contributed by atoms with Crippen LogP contribution in [0.3, 0.4) is 0 Å². The van der Waals surface area contributed by atoms with E-state index in [-0.39, 0.29) is 28.7 Å². The molecule has 1 aromatic heterocycles. The zero-order valence-electron chi connectivity index (χ0n) is 18.2. The Morgan fingerprint density at radius 1 is 1.34 bits per heavy atom. The molecule has 2 atom stereocenters. The van der Waals surface area contributed by atoms with Crippen molar-refractivity contribution >= 4 is 32.7 Å². The number of halogens is 2. The Kier molecular flexibility index (Phi) is 7.32. The molecular formula is C20H27F2N3O6S. The maximum Gasteiger partial charge on any atom is 0.341 e. The van der Waals surface area contributed by atoms with Crippen LogP contribution in [0.15, 0.2) is 23.1 Å². The van der Waals surface area contributed by atoms with E-state index in [0.29, 0.717) is 19.2 Å². The van der Waals surface area contributed by atoms with Crippen LogP contribution in [0.1, 0.15) is 37.6 Å². The number of rotatable bonds is 4. The highest BCUT2D eigenvalue weighted by Gasteiger charge is 2.31. The summed E-state index contributed by atoms with van der Waals surface area (Å²) in [7, 11) is -3.67. The molecule has 1 aromatic carbocycles. The fourth-order valence-corrected chi connectivity index (χ4v) is 3.68. The van der Waals surface area contributed by atoms with Crippen molar-refractivity contribution in [1.82, 2.24) is 4.57 Å². The first kappa shape index (κ1) is 25.7. The molecule has 0 bridgehead atoms. The van der Waals surface area contributed by atoms with Gasteiger partial charge in [-0.15, -0.1) is 0 Å². The second kappa shape index (κ2) is 9.12. The van der Waals surface area contributed by atoms with Crippen LogP contribution in [0.25, 0.3) is 10.9 Å². The minimum Gasteiger partial charge on any atom is -0.477 e. The van der Waals surface area contributed by atoms with Crippen LogP contribution < -0.4 is 16.1 Å². The molecule has 2 aromatic rings. The highest BCUT2D eigenvalue weighted by molar-refractivity contribution is 7.85. The Morgan fingerprint density at radius 2 is 1.91 bits per heavy atom. The first-order chi connectivity index (χ1) is 14.6. The summed E-state index contributed by atoms with van der Waals surface area (Å²) in [5.41, 5.74) is 4.12. The van der Waals surface area contributed by atoms with E-state index in [2.05, 4.69) is 0 Å². The minimum absolute atomic E-state index is 0.0135. The predicted molar refractivity (Wildman–Crippen MR) is 117 cm³/mol. The zero-order chi connectivity index (χ0) is 24.6. The lowest BCUT2D eigenvalue weighted by Gasteiger charge is -2.29. The molecule has 178 valence electrons. The van der Waals surface area contributed by atoms with Crippen molar-refractivity contribution < 1.29 is 31.7 Å². The van der Waals surface area contributed by atoms with Gasteiger partial charge in [-0.3, -0.25) is 9.35 Å². The van der Waals surface area contributed by atoms with E-state index in [1.165, 1.54) is 10.6 Å². The fourth-order valence-electron chi connectivity index (χ4n) is 3.68. The van der Waals surface area contributed by atoms with Gasteiger partial charge in [-0.25, -0.2) is 13.6 Å². The Hall–Kier alpha value is -2.57. The number of nitrogens with two attached hydrogens (primary N) is 1. The number of carboxylic acid groups (broad SMARTS) is 1. The summed E-state index contributed by atoms with van der Waals surface area (Å²) in [6.07, 6.45) is 2.55. The van der Waals surface area contributed by atoms with Gasteiger partial charge in [-0.2, -0.15) is 8.42 Å². The topological polar surface area (TPSA) is 143 Å². The van der Waals surface area contributed by atoms with E-state index in [4.69, 9.17) is 10.3 Å². The van der Waals surface area contributed by atoms with Crippen molar-refractivity contribution in [2.24, 2.45) is 5.73 Å². The van der Waals surface area contributed by atoms with Gasteiger partial charge in [-0.05, 0) is 39.3 Å². The summed E-state index contributed by atoms with van der Waals surface area (Å²) in [6.45, 7) is 4.78. The molecule has 1 saturated heterocycles. The lowest BCUT2D eigenvalue weighted by molar-refractivity contribution is 0.0694. The van der Waals surface area contributed by atoms with Crippen LogP contribution >= 0.6 is 0 Å². The van der Waals surface area contributed by atoms with Crippen LogP contribution in [0.4, 0.5) is 14.5 Å². The van der Waals surface area contributed by atoms with Crippen LogP contribution in [0.2, 0.25) is 0 Å². The average Bonchev–Trinajstić information content (AvgIpc) is 2.98. The quantitative estimate of drug-likeness (QED) is 0.570. The van der Waals surface area contributed by atoms with Gasteiger partial charge >= 0.3 is 5.97 Å². The van der Waals surface area contributed by atoms with Gasteiger partial charge in [0.1, 0.15) is 18.1 Å². The molecule has 1 aliphatic heterocycles. The molecule has 12 heteroatoms. The van der Waals surface area contributed by atoms with Gasteiger partial charge in [0.15, 0.2) is 0 Å². The fraction of sp³-hybridized carbons (Fsp3) is 0.500. The average molecular weight is 476 g/mol. The third-order valence-corrected chi connectivity index (χ3v) is 5.20. The Morgan fingerprint density at radius 3 is 2.34 bits per heavy atom. The molecular weight excluding hydrogens is 448 g/mol. The number of aromatic carboxylic acids is 1. The maximum absolute atomic E-state index is 14.8. The summed E-state index contributed by atoms with van der Waals surface area (Å²) in [6, 6.07) is 2.46. The summed E-state index contributed by atoms with van der Waals surface area (Å²) in [4.78, 5) is 25.8. The molecule has 2 heterocycles. The normalized spacial score (nSPS) is 19.1. The second-order valence-electron chi connectivity index (χ2n) is 8.54. The maximum atomic E-state index is 14.8. The number of fused-ring (bicyclic) bond motifs is 1. The number of carbonyl (C=O) groups is 1. The van der Waals surface area contributed by atoms with Gasteiger partial charge in [0.25, 0.3) is 10.1 Å². The number of aromatic nitrogens is 1. The van der Waals surface area contributed by atoms with Crippen molar-refractivity contribution in [3.63, 3.8) is 0 Å². The molecule has 3 rings (SSSR count). The van der Waals surface area contributed by atoms with Crippen LogP contribution in [0.5, 0.6) is 0 Å². The van der Waals surface area contributed by atoms with E-state index in [0.717, 1.165) is 12.3 Å². The third-order valence-electron chi connectivity index (χ3n) is 5.20. The van der Waals surface area contributed by atoms with Crippen molar-refractivity contribution in [1.29, 1.82) is 0 Å². The van der Waals surface area contributed by atoms with E-state index in [1.54, 1.807) is 13.8 Å². The third kappa shape index (κ3) is 5.61. The summed E-state index contributed by atoms with van der Waals surface area (Å²) in [5.74, 6) is -2.07. The van der Waals surface area contributed by atoms with E-state index in [9.17, 15) is 31.9 Å². The zero-order valence-corrected chi connectivity index (χ0v) is 19.0. The molecule has 0 radical (unpaired) electrons. The van der Waals surface area contributed by atoms with Crippen molar-refractivity contribution in [3.05, 3.63) is 39.9 Å². The van der Waals surface area contributed by atoms with Crippen LogP contribution in [-0.4, -0.2) is 60.2 Å². The molecule has 1 fully saturated rings. The van der Waals surface area contributed by atoms with E-state index < -0.39 is 45.1 Å². The highest BCUT2D eigenvalue weighted by atomic mass is 32.2. The minimum atomic E-state index is -3.67. The van der Waals surface area contributed by atoms with Gasteiger partial charge in [0.05, 0.1) is 23.0 Å². The van der Waals surface area contributed by atoms with E-state index >= 15 is 0 Å². The number of carboxylic acids is 1. The van der Waals surface area contributed by atoms with Gasteiger partial charge in [0, 0.05) is 30.2 Å². The Bertz CT molecular complexity index is 1190. The van der Waals surface area contributed by atoms with E-state index in [1.807, 2.05) is 11.8 Å². The van der Waals surface area contributed by atoms with Crippen molar-refractivity contribution in [2.45, 2.75) is 44.8 Å². The molecule has 0 aliphatic carbocycles. The SMILES string of the molecule is CS(=O)(=O)O.C[C@H]1C[C@H](N)CN1c1cc2c(cc1F)c(=O)c(C(=O)O)cn2C(C)(C)CF. The number of nitrogens with zero attached hydrogens (tertiary/aromatic N) is 2. The molecule has 0 saturated carbocycles. The van der Waals surface area contributed by atoms with Crippen LogP contribution in [-0.2, 0) is 15.7 Å². The molecule has 9 nitrogen and oxygen atoms in total. The summed E-state index contributed by atoms with van der Waals surface area (Å²) in [5, 5.41) is 9.24. The number of pyridine rings is 1. The number of alkyl halides is 1. The first-order valence-corrected chi connectivity index (χ1v) is 11.5. The van der Waals surface area contributed by atoms with Crippen molar-refractivity contribution in [2.75, 3.05) is 24.4 Å². The van der Waals surface area contributed by atoms with Crippen molar-refractivity contribution in [3.8, 4) is 0 Å². The lowest BCUT2D eigenvalue weighted by Crippen LogP contribution is -2.33. The summed E-state index contributed by atoms with van der Waals surface area (Å²) < 4.78 is 55.8. The molecule has 32 heavy (non-hydrogen) atoms. The second-order valence-corrected chi connectivity index (χ2v) is 10.0. The number of anilines is 1. The van der Waals surface area contributed by atoms with Crippen LogP contribution in [0, 0.1) is 5.82 Å². The van der Waals surface area contributed by atoms with Gasteiger partial charge < -0.3 is 20.3 Å². The number of benzene rings is 1. The van der Waals surface area contributed by atoms with Gasteiger partial charge in [-0.1, -0.05) is 0 Å². The lowest BCUT2D eigenvalue weighted by atomic mass is 10.0. The molecule has 1 aliphatic rings. The Labute approximate surface area is 184 Å². The number of hydrogen-bond donors (Lipinski definition) is 3. The molecule has 0 spiro atoms. The monoisotopic (exact) mass is 475 g/mol.